The van der Waals surface area contributed by atoms with Crippen LogP contribution in [0.1, 0.15) is 40.3 Å². The van der Waals surface area contributed by atoms with Crippen molar-refractivity contribution >= 4 is 5.91 Å². The van der Waals surface area contributed by atoms with E-state index in [0.717, 1.165) is 16.8 Å². The van der Waals surface area contributed by atoms with Crippen LogP contribution in [0.25, 0.3) is 11.3 Å². The Morgan fingerprint density at radius 3 is 2.83 bits per heavy atom. The fraction of sp³-hybridized carbons (Fsp3) is 0.190. The Bertz CT molecular complexity index is 1100. The van der Waals surface area contributed by atoms with Crippen LogP contribution in [0.3, 0.4) is 0 Å². The molecule has 4 aromatic rings. The Kier molecular flexibility index (Phi) is 5.15. The van der Waals surface area contributed by atoms with Gasteiger partial charge in [-0.15, -0.1) is 5.10 Å². The van der Waals surface area contributed by atoms with Crippen molar-refractivity contribution in [1.82, 2.24) is 35.5 Å². The Morgan fingerprint density at radius 2 is 2.07 bits per heavy atom. The molecule has 0 unspecified atom stereocenters. The van der Waals surface area contributed by atoms with Crippen molar-refractivity contribution in [1.29, 1.82) is 0 Å². The fourth-order valence-corrected chi connectivity index (χ4v) is 2.94. The lowest BCUT2D eigenvalue weighted by Crippen LogP contribution is -2.23. The Balaban J connectivity index is 1.38. The minimum absolute atomic E-state index is 0.00493. The molecule has 8 heteroatoms. The second-order valence-corrected chi connectivity index (χ2v) is 6.87. The van der Waals surface area contributed by atoms with Gasteiger partial charge in [0.15, 0.2) is 0 Å². The van der Waals surface area contributed by atoms with Crippen LogP contribution in [0.4, 0.5) is 0 Å². The van der Waals surface area contributed by atoms with Crippen molar-refractivity contribution in [2.75, 3.05) is 0 Å². The normalized spacial score (nSPS) is 11.9. The van der Waals surface area contributed by atoms with Crippen LogP contribution in [-0.2, 0) is 6.54 Å². The number of rotatable bonds is 6. The van der Waals surface area contributed by atoms with E-state index in [0.29, 0.717) is 11.4 Å². The number of hydrogen-bond acceptors (Lipinski definition) is 5. The van der Waals surface area contributed by atoms with Crippen LogP contribution < -0.4 is 5.32 Å². The van der Waals surface area contributed by atoms with Crippen molar-refractivity contribution in [3.63, 3.8) is 0 Å². The summed E-state index contributed by atoms with van der Waals surface area (Å²) in [5, 5.41) is 18.2. The van der Waals surface area contributed by atoms with Crippen LogP contribution in [0.5, 0.6) is 0 Å². The van der Waals surface area contributed by atoms with E-state index >= 15 is 0 Å². The summed E-state index contributed by atoms with van der Waals surface area (Å²) in [6.07, 6.45) is 5.36. The number of pyridine rings is 1. The number of benzene rings is 1. The van der Waals surface area contributed by atoms with Crippen LogP contribution in [0, 0.1) is 6.92 Å². The number of hydrogen-bond donors (Lipinski definition) is 2. The number of carbonyl (C=O) groups is 1. The Hall–Kier alpha value is -3.81. The molecule has 0 aliphatic carbocycles. The predicted molar refractivity (Wildman–Crippen MR) is 108 cm³/mol. The molecule has 0 bridgehead atoms. The van der Waals surface area contributed by atoms with Crippen molar-refractivity contribution < 1.29 is 4.79 Å². The summed E-state index contributed by atoms with van der Waals surface area (Å²) in [6.45, 7) is 4.32. The van der Waals surface area contributed by atoms with Crippen LogP contribution >= 0.6 is 0 Å². The first-order valence-electron chi connectivity index (χ1n) is 9.31. The highest BCUT2D eigenvalue weighted by molar-refractivity contribution is 5.93. The molecule has 0 saturated carbocycles. The molecule has 1 aromatic carbocycles. The maximum Gasteiger partial charge on any atom is 0.269 e. The molecule has 4 rings (SSSR count). The largest absolute Gasteiger partial charge is 0.345 e. The van der Waals surface area contributed by atoms with Crippen LogP contribution in [-0.4, -0.2) is 36.1 Å². The van der Waals surface area contributed by atoms with Gasteiger partial charge in [0, 0.05) is 18.0 Å². The van der Waals surface area contributed by atoms with E-state index in [1.807, 2.05) is 56.4 Å². The molecule has 0 saturated heterocycles. The zero-order valence-corrected chi connectivity index (χ0v) is 16.2. The van der Waals surface area contributed by atoms with E-state index in [9.17, 15) is 4.79 Å². The van der Waals surface area contributed by atoms with Gasteiger partial charge in [0.1, 0.15) is 11.4 Å². The molecule has 146 valence electrons. The van der Waals surface area contributed by atoms with Gasteiger partial charge in [0.05, 0.1) is 24.5 Å². The molecule has 0 fully saturated rings. The summed E-state index contributed by atoms with van der Waals surface area (Å²) < 4.78 is 1.75. The smallest absolute Gasteiger partial charge is 0.269 e. The number of aromatic nitrogens is 6. The lowest BCUT2D eigenvalue weighted by molar-refractivity contribution is 0.0945. The summed E-state index contributed by atoms with van der Waals surface area (Å²) in [6, 6.07) is 13.6. The first-order chi connectivity index (χ1) is 14.1. The molecular formula is C21H21N7O. The predicted octanol–water partition coefficient (Wildman–Crippen LogP) is 2.91. The minimum Gasteiger partial charge on any atom is -0.345 e. The van der Waals surface area contributed by atoms with Gasteiger partial charge in [-0.2, -0.15) is 5.10 Å². The van der Waals surface area contributed by atoms with Crippen LogP contribution in [0.15, 0.2) is 61.1 Å². The number of amides is 1. The number of aryl methyl sites for hydroxylation is 1. The maximum atomic E-state index is 12.4. The molecule has 3 heterocycles. The van der Waals surface area contributed by atoms with E-state index in [-0.39, 0.29) is 18.5 Å². The van der Waals surface area contributed by atoms with Gasteiger partial charge in [-0.25, -0.2) is 4.68 Å². The SMILES string of the molecule is Cc1ccc(-c2cc(C(=O)NCc3cn([C@H](C)c4cccnc4)nn3)[nH]n2)cc1. The van der Waals surface area contributed by atoms with Gasteiger partial charge in [-0.1, -0.05) is 41.1 Å². The third-order valence-electron chi connectivity index (χ3n) is 4.72. The molecular weight excluding hydrogens is 366 g/mol. The molecule has 8 nitrogen and oxygen atoms in total. The van der Waals surface area contributed by atoms with E-state index in [4.69, 9.17) is 0 Å². The van der Waals surface area contributed by atoms with E-state index in [2.05, 4.69) is 30.8 Å². The van der Waals surface area contributed by atoms with Crippen LogP contribution in [0.2, 0.25) is 0 Å². The highest BCUT2D eigenvalue weighted by atomic mass is 16.1. The maximum absolute atomic E-state index is 12.4. The lowest BCUT2D eigenvalue weighted by atomic mass is 10.1. The Morgan fingerprint density at radius 1 is 1.24 bits per heavy atom. The molecule has 3 aromatic heterocycles. The van der Waals surface area contributed by atoms with Gasteiger partial charge < -0.3 is 5.32 Å². The van der Waals surface area contributed by atoms with Gasteiger partial charge in [-0.3, -0.25) is 14.9 Å². The average Bonchev–Trinajstić information content (AvgIpc) is 3.43. The molecule has 0 aliphatic rings. The second-order valence-electron chi connectivity index (χ2n) is 6.87. The monoisotopic (exact) mass is 387 g/mol. The van der Waals surface area contributed by atoms with Crippen molar-refractivity contribution in [2.24, 2.45) is 0 Å². The summed E-state index contributed by atoms with van der Waals surface area (Å²) in [5.41, 5.74) is 4.97. The van der Waals surface area contributed by atoms with Crippen molar-refractivity contribution in [2.45, 2.75) is 26.4 Å². The van der Waals surface area contributed by atoms with Gasteiger partial charge >= 0.3 is 0 Å². The molecule has 2 N–H and O–H groups in total. The molecule has 0 aliphatic heterocycles. The first-order valence-corrected chi connectivity index (χ1v) is 9.31. The third-order valence-corrected chi connectivity index (χ3v) is 4.72. The minimum atomic E-state index is -0.245. The molecule has 0 spiro atoms. The number of aromatic amines is 1. The zero-order valence-electron chi connectivity index (χ0n) is 16.2. The van der Waals surface area contributed by atoms with E-state index in [1.54, 1.807) is 23.1 Å². The second kappa shape index (κ2) is 8.05. The molecule has 0 radical (unpaired) electrons. The number of carbonyl (C=O) groups excluding carboxylic acids is 1. The van der Waals surface area contributed by atoms with Gasteiger partial charge in [0.25, 0.3) is 5.91 Å². The van der Waals surface area contributed by atoms with E-state index < -0.39 is 0 Å². The number of H-pyrrole nitrogens is 1. The van der Waals surface area contributed by atoms with Crippen molar-refractivity contribution in [3.8, 4) is 11.3 Å². The lowest BCUT2D eigenvalue weighted by Gasteiger charge is -2.10. The highest BCUT2D eigenvalue weighted by Gasteiger charge is 2.13. The summed E-state index contributed by atoms with van der Waals surface area (Å²) in [5.74, 6) is -0.245. The standard InChI is InChI=1S/C21H21N7O/c1-14-5-7-16(8-6-14)19-10-20(26-25-19)21(29)23-12-18-13-28(27-24-18)15(2)17-4-3-9-22-11-17/h3-11,13,15H,12H2,1-2H3,(H,23,29)(H,25,26)/t15-/m1/s1. The summed E-state index contributed by atoms with van der Waals surface area (Å²) in [4.78, 5) is 16.6. The Labute approximate surface area is 168 Å². The summed E-state index contributed by atoms with van der Waals surface area (Å²) in [7, 11) is 0. The quantitative estimate of drug-likeness (QED) is 0.530. The summed E-state index contributed by atoms with van der Waals surface area (Å²) >= 11 is 0. The van der Waals surface area contributed by atoms with E-state index in [1.165, 1.54) is 5.56 Å². The number of nitrogens with zero attached hydrogens (tertiary/aromatic N) is 5. The molecule has 29 heavy (non-hydrogen) atoms. The van der Waals surface area contributed by atoms with Gasteiger partial charge in [-0.05, 0) is 31.5 Å². The highest BCUT2D eigenvalue weighted by Crippen LogP contribution is 2.18. The molecule has 1 atom stereocenters. The first kappa shape index (κ1) is 18.5. The van der Waals surface area contributed by atoms with Crippen molar-refractivity contribution in [3.05, 3.63) is 83.6 Å². The average molecular weight is 387 g/mol. The van der Waals surface area contributed by atoms with Gasteiger partial charge in [0.2, 0.25) is 0 Å². The fourth-order valence-electron chi connectivity index (χ4n) is 2.94. The number of nitrogens with one attached hydrogen (secondary N) is 2. The third kappa shape index (κ3) is 4.21. The molecule has 1 amide bonds. The topological polar surface area (TPSA) is 101 Å². The zero-order chi connectivity index (χ0) is 20.2.